The molecule has 2 heterocycles. The van der Waals surface area contributed by atoms with Crippen LogP contribution in [0.2, 0.25) is 0 Å². The number of nitrogens with two attached hydrogens (primary N) is 1. The first kappa shape index (κ1) is 8.74. The number of anilines is 1. The molecule has 2 aromatic rings. The standard InChI is InChI=1S/C10H12N4/c1-14-5-4-13-10(14)7-8-2-3-12-9(11)6-8/h2-6H,7H2,1H3,(H2,11,12). The fraction of sp³-hybridized carbons (Fsp3) is 0.200. The van der Waals surface area contributed by atoms with E-state index in [1.165, 1.54) is 0 Å². The van der Waals surface area contributed by atoms with Crippen molar-refractivity contribution >= 4 is 5.82 Å². The van der Waals surface area contributed by atoms with Crippen LogP contribution in [0, 0.1) is 0 Å². The van der Waals surface area contributed by atoms with E-state index in [1.807, 2.05) is 29.9 Å². The van der Waals surface area contributed by atoms with Crippen molar-refractivity contribution in [3.05, 3.63) is 42.1 Å². The highest BCUT2D eigenvalue weighted by Gasteiger charge is 2.01. The summed E-state index contributed by atoms with van der Waals surface area (Å²) in [6.07, 6.45) is 6.23. The van der Waals surface area contributed by atoms with E-state index < -0.39 is 0 Å². The number of imidazole rings is 1. The number of aryl methyl sites for hydroxylation is 1. The van der Waals surface area contributed by atoms with E-state index in [2.05, 4.69) is 9.97 Å². The molecule has 14 heavy (non-hydrogen) atoms. The maximum atomic E-state index is 5.59. The molecular formula is C10H12N4. The van der Waals surface area contributed by atoms with Crippen molar-refractivity contribution in [2.45, 2.75) is 6.42 Å². The van der Waals surface area contributed by atoms with E-state index in [9.17, 15) is 0 Å². The molecule has 2 N–H and O–H groups in total. The van der Waals surface area contributed by atoms with Crippen molar-refractivity contribution in [2.75, 3.05) is 5.73 Å². The first-order valence-electron chi connectivity index (χ1n) is 4.42. The molecule has 4 heteroatoms. The maximum absolute atomic E-state index is 5.59. The highest BCUT2D eigenvalue weighted by molar-refractivity contribution is 5.33. The minimum Gasteiger partial charge on any atom is -0.384 e. The van der Waals surface area contributed by atoms with Gasteiger partial charge in [0.1, 0.15) is 11.6 Å². The molecule has 0 fully saturated rings. The molecule has 0 saturated heterocycles. The summed E-state index contributed by atoms with van der Waals surface area (Å²) < 4.78 is 2.00. The van der Waals surface area contributed by atoms with Crippen molar-refractivity contribution in [3.63, 3.8) is 0 Å². The number of hydrogen-bond donors (Lipinski definition) is 1. The van der Waals surface area contributed by atoms with Crippen molar-refractivity contribution < 1.29 is 0 Å². The van der Waals surface area contributed by atoms with Gasteiger partial charge in [0.15, 0.2) is 0 Å². The second-order valence-corrected chi connectivity index (χ2v) is 3.22. The van der Waals surface area contributed by atoms with Crippen molar-refractivity contribution in [1.29, 1.82) is 0 Å². The lowest BCUT2D eigenvalue weighted by Crippen LogP contribution is -1.99. The Bertz CT molecular complexity index is 433. The van der Waals surface area contributed by atoms with E-state index in [0.29, 0.717) is 5.82 Å². The van der Waals surface area contributed by atoms with E-state index in [-0.39, 0.29) is 0 Å². The lowest BCUT2D eigenvalue weighted by molar-refractivity contribution is 0.821. The molecule has 0 aromatic carbocycles. The third kappa shape index (κ3) is 1.74. The lowest BCUT2D eigenvalue weighted by Gasteiger charge is -2.02. The van der Waals surface area contributed by atoms with Crippen LogP contribution in [0.25, 0.3) is 0 Å². The van der Waals surface area contributed by atoms with Crippen LogP contribution in [0.3, 0.4) is 0 Å². The molecule has 72 valence electrons. The van der Waals surface area contributed by atoms with E-state index in [1.54, 1.807) is 12.4 Å². The van der Waals surface area contributed by atoms with E-state index in [0.717, 1.165) is 17.8 Å². The topological polar surface area (TPSA) is 56.7 Å². The normalized spacial score (nSPS) is 10.4. The quantitative estimate of drug-likeness (QED) is 0.764. The molecular weight excluding hydrogens is 176 g/mol. The Labute approximate surface area is 82.4 Å². The zero-order valence-electron chi connectivity index (χ0n) is 8.01. The van der Waals surface area contributed by atoms with Gasteiger partial charge in [-0.3, -0.25) is 0 Å². The molecule has 0 spiro atoms. The molecule has 0 amide bonds. The van der Waals surface area contributed by atoms with E-state index >= 15 is 0 Å². The average Bonchev–Trinajstić information content (AvgIpc) is 2.52. The van der Waals surface area contributed by atoms with Gasteiger partial charge in [-0.25, -0.2) is 9.97 Å². The minimum atomic E-state index is 0.553. The first-order valence-corrected chi connectivity index (χ1v) is 4.42. The molecule has 0 bridgehead atoms. The van der Waals surface area contributed by atoms with Gasteiger partial charge >= 0.3 is 0 Å². The zero-order chi connectivity index (χ0) is 9.97. The first-order chi connectivity index (χ1) is 6.75. The SMILES string of the molecule is Cn1ccnc1Cc1ccnc(N)c1. The average molecular weight is 188 g/mol. The fourth-order valence-corrected chi connectivity index (χ4v) is 1.35. The molecule has 0 saturated carbocycles. The van der Waals surface area contributed by atoms with Crippen LogP contribution >= 0.6 is 0 Å². The Morgan fingerprint density at radius 2 is 2.21 bits per heavy atom. The molecule has 0 aliphatic carbocycles. The summed E-state index contributed by atoms with van der Waals surface area (Å²) >= 11 is 0. The van der Waals surface area contributed by atoms with Gasteiger partial charge in [0.2, 0.25) is 0 Å². The number of hydrogen-bond acceptors (Lipinski definition) is 3. The van der Waals surface area contributed by atoms with Crippen LogP contribution in [0.1, 0.15) is 11.4 Å². The van der Waals surface area contributed by atoms with Crippen molar-refractivity contribution in [2.24, 2.45) is 7.05 Å². The van der Waals surface area contributed by atoms with Crippen LogP contribution < -0.4 is 5.73 Å². The van der Waals surface area contributed by atoms with Gasteiger partial charge in [-0.2, -0.15) is 0 Å². The Morgan fingerprint density at radius 1 is 1.36 bits per heavy atom. The number of rotatable bonds is 2. The lowest BCUT2D eigenvalue weighted by atomic mass is 10.2. The Balaban J connectivity index is 2.23. The fourth-order valence-electron chi connectivity index (χ4n) is 1.35. The van der Waals surface area contributed by atoms with Crippen LogP contribution in [0.4, 0.5) is 5.82 Å². The van der Waals surface area contributed by atoms with Gasteiger partial charge < -0.3 is 10.3 Å². The highest BCUT2D eigenvalue weighted by Crippen LogP contribution is 2.08. The number of aromatic nitrogens is 3. The van der Waals surface area contributed by atoms with Gasteiger partial charge in [-0.05, 0) is 17.7 Å². The van der Waals surface area contributed by atoms with Gasteiger partial charge in [-0.1, -0.05) is 0 Å². The molecule has 0 unspecified atom stereocenters. The van der Waals surface area contributed by atoms with Crippen molar-refractivity contribution in [1.82, 2.24) is 14.5 Å². The van der Waals surface area contributed by atoms with Gasteiger partial charge in [-0.15, -0.1) is 0 Å². The minimum absolute atomic E-state index is 0.553. The summed E-state index contributed by atoms with van der Waals surface area (Å²) in [6, 6.07) is 3.82. The second kappa shape index (κ2) is 3.49. The monoisotopic (exact) mass is 188 g/mol. The second-order valence-electron chi connectivity index (χ2n) is 3.22. The molecule has 2 aromatic heterocycles. The summed E-state index contributed by atoms with van der Waals surface area (Å²) in [6.45, 7) is 0. The summed E-state index contributed by atoms with van der Waals surface area (Å²) in [5, 5.41) is 0. The van der Waals surface area contributed by atoms with Crippen LogP contribution in [-0.4, -0.2) is 14.5 Å². The maximum Gasteiger partial charge on any atom is 0.123 e. The smallest absolute Gasteiger partial charge is 0.123 e. The molecule has 4 nitrogen and oxygen atoms in total. The van der Waals surface area contributed by atoms with Gasteiger partial charge in [0.25, 0.3) is 0 Å². The molecule has 0 aliphatic rings. The van der Waals surface area contributed by atoms with Crippen LogP contribution in [0.5, 0.6) is 0 Å². The van der Waals surface area contributed by atoms with Gasteiger partial charge in [0.05, 0.1) is 0 Å². The molecule has 0 radical (unpaired) electrons. The Hall–Kier alpha value is -1.84. The Morgan fingerprint density at radius 3 is 2.86 bits per heavy atom. The molecule has 0 aliphatic heterocycles. The van der Waals surface area contributed by atoms with Crippen LogP contribution in [-0.2, 0) is 13.5 Å². The number of nitrogen functional groups attached to an aromatic ring is 1. The summed E-state index contributed by atoms with van der Waals surface area (Å²) in [7, 11) is 1.98. The molecule has 2 rings (SSSR count). The summed E-state index contributed by atoms with van der Waals surface area (Å²) in [5.74, 6) is 1.58. The summed E-state index contributed by atoms with van der Waals surface area (Å²) in [4.78, 5) is 8.18. The largest absolute Gasteiger partial charge is 0.384 e. The highest BCUT2D eigenvalue weighted by atomic mass is 15.0. The van der Waals surface area contributed by atoms with Crippen LogP contribution in [0.15, 0.2) is 30.7 Å². The summed E-state index contributed by atoms with van der Waals surface area (Å²) in [5.41, 5.74) is 6.72. The number of pyridine rings is 1. The van der Waals surface area contributed by atoms with Crippen molar-refractivity contribution in [3.8, 4) is 0 Å². The third-order valence-electron chi connectivity index (χ3n) is 2.13. The third-order valence-corrected chi connectivity index (χ3v) is 2.13. The molecule has 0 atom stereocenters. The predicted molar refractivity (Wildman–Crippen MR) is 54.7 cm³/mol. The predicted octanol–water partition coefficient (Wildman–Crippen LogP) is 0.988. The van der Waals surface area contributed by atoms with E-state index in [4.69, 9.17) is 5.73 Å². The zero-order valence-corrected chi connectivity index (χ0v) is 8.01. The number of nitrogens with zero attached hydrogens (tertiary/aromatic N) is 3. The van der Waals surface area contributed by atoms with Gasteiger partial charge in [0, 0.05) is 32.1 Å². The Kier molecular flexibility index (Phi) is 2.18.